The third-order valence-corrected chi connectivity index (χ3v) is 3.75. The summed E-state index contributed by atoms with van der Waals surface area (Å²) in [6.45, 7) is 7.96. The zero-order valence-corrected chi connectivity index (χ0v) is 12.6. The van der Waals surface area contributed by atoms with Crippen molar-refractivity contribution in [2.24, 2.45) is 0 Å². The number of rotatable bonds is 3. The minimum Gasteiger partial charge on any atom is -0.354 e. The van der Waals surface area contributed by atoms with Crippen molar-refractivity contribution in [1.82, 2.24) is 9.88 Å². The van der Waals surface area contributed by atoms with Gasteiger partial charge in [0.15, 0.2) is 0 Å². The van der Waals surface area contributed by atoms with Gasteiger partial charge >= 0.3 is 0 Å². The smallest absolute Gasteiger partial charge is 0.275 e. The van der Waals surface area contributed by atoms with Crippen LogP contribution in [-0.4, -0.2) is 47.0 Å². The Bertz CT molecular complexity index is 473. The first kappa shape index (κ1) is 14.2. The molecule has 0 radical (unpaired) electrons. The van der Waals surface area contributed by atoms with Crippen LogP contribution in [0.1, 0.15) is 13.8 Å². The Balaban J connectivity index is 2.13. The molecule has 1 fully saturated rings. The average molecular weight is 329 g/mol. The Kier molecular flexibility index (Phi) is 4.36. The molecule has 0 saturated carbocycles. The third kappa shape index (κ3) is 3.42. The first-order valence-corrected chi connectivity index (χ1v) is 7.07. The van der Waals surface area contributed by atoms with E-state index in [0.29, 0.717) is 16.5 Å². The first-order chi connectivity index (χ1) is 8.97. The van der Waals surface area contributed by atoms with Crippen molar-refractivity contribution in [1.29, 1.82) is 0 Å². The van der Waals surface area contributed by atoms with Crippen LogP contribution in [0.4, 0.5) is 11.5 Å². The molecule has 0 atom stereocenters. The second-order valence-electron chi connectivity index (χ2n) is 4.88. The molecule has 1 aliphatic heterocycles. The molecule has 104 valence electrons. The summed E-state index contributed by atoms with van der Waals surface area (Å²) < 4.78 is 0.503. The molecule has 0 unspecified atom stereocenters. The van der Waals surface area contributed by atoms with Crippen LogP contribution in [0.25, 0.3) is 0 Å². The third-order valence-electron chi connectivity index (χ3n) is 3.34. The molecule has 0 spiro atoms. The average Bonchev–Trinajstić information content (AvgIpc) is 2.38. The van der Waals surface area contributed by atoms with Gasteiger partial charge in [0, 0.05) is 38.3 Å². The molecule has 2 heterocycles. The molecule has 0 amide bonds. The van der Waals surface area contributed by atoms with E-state index in [1.807, 2.05) is 0 Å². The summed E-state index contributed by atoms with van der Waals surface area (Å²) in [5, 5.41) is 10.9. The predicted octanol–water partition coefficient (Wildman–Crippen LogP) is 2.28. The van der Waals surface area contributed by atoms with Gasteiger partial charge in [-0.2, -0.15) is 0 Å². The minimum absolute atomic E-state index is 0.0724. The number of pyridine rings is 1. The highest BCUT2D eigenvalue weighted by Gasteiger charge is 2.21. The predicted molar refractivity (Wildman–Crippen MR) is 77.5 cm³/mol. The fourth-order valence-corrected chi connectivity index (χ4v) is 2.62. The monoisotopic (exact) mass is 328 g/mol. The molecular weight excluding hydrogens is 312 g/mol. The van der Waals surface area contributed by atoms with Crippen molar-refractivity contribution in [3.05, 3.63) is 26.9 Å². The van der Waals surface area contributed by atoms with Crippen molar-refractivity contribution >= 4 is 27.4 Å². The maximum Gasteiger partial charge on any atom is 0.275 e. The lowest BCUT2D eigenvalue weighted by Gasteiger charge is -2.37. The first-order valence-electron chi connectivity index (χ1n) is 6.28. The molecule has 1 aromatic heterocycles. The van der Waals surface area contributed by atoms with Gasteiger partial charge < -0.3 is 4.90 Å². The summed E-state index contributed by atoms with van der Waals surface area (Å²) in [5.41, 5.74) is 0.0724. The second kappa shape index (κ2) is 5.83. The molecule has 0 N–H and O–H groups in total. The van der Waals surface area contributed by atoms with Gasteiger partial charge in [0.1, 0.15) is 10.4 Å². The van der Waals surface area contributed by atoms with Crippen LogP contribution in [0.5, 0.6) is 0 Å². The molecule has 19 heavy (non-hydrogen) atoms. The van der Waals surface area contributed by atoms with E-state index in [0.717, 1.165) is 26.2 Å². The van der Waals surface area contributed by atoms with Crippen molar-refractivity contribution in [3.63, 3.8) is 0 Å². The number of hydrogen-bond acceptors (Lipinski definition) is 5. The fourth-order valence-electron chi connectivity index (χ4n) is 2.20. The van der Waals surface area contributed by atoms with Crippen molar-refractivity contribution < 1.29 is 4.92 Å². The molecule has 2 rings (SSSR count). The summed E-state index contributed by atoms with van der Waals surface area (Å²) in [5.74, 6) is 0.671. The lowest BCUT2D eigenvalue weighted by molar-refractivity contribution is -0.384. The van der Waals surface area contributed by atoms with Crippen molar-refractivity contribution in [2.75, 3.05) is 31.1 Å². The van der Waals surface area contributed by atoms with E-state index in [1.165, 1.54) is 12.1 Å². The van der Waals surface area contributed by atoms with Crippen molar-refractivity contribution in [2.45, 2.75) is 19.9 Å². The topological polar surface area (TPSA) is 62.5 Å². The number of piperazine rings is 1. The number of anilines is 1. The van der Waals surface area contributed by atoms with Crippen LogP contribution < -0.4 is 4.90 Å². The maximum absolute atomic E-state index is 10.9. The molecule has 0 aliphatic carbocycles. The summed E-state index contributed by atoms with van der Waals surface area (Å²) >= 11 is 3.23. The standard InChI is InChI=1S/C12H17BrN4O2/c1-9(2)15-3-5-16(6-4-15)12-8-10(17(18)19)7-11(13)14-12/h7-9H,3-6H2,1-2H3. The van der Waals surface area contributed by atoms with Gasteiger partial charge in [-0.15, -0.1) is 0 Å². The largest absolute Gasteiger partial charge is 0.354 e. The van der Waals surface area contributed by atoms with Crippen LogP contribution in [0, 0.1) is 10.1 Å². The summed E-state index contributed by atoms with van der Waals surface area (Å²) in [7, 11) is 0. The van der Waals surface area contributed by atoms with Crippen LogP contribution >= 0.6 is 15.9 Å². The van der Waals surface area contributed by atoms with E-state index >= 15 is 0 Å². The summed E-state index contributed by atoms with van der Waals surface area (Å²) in [6.07, 6.45) is 0. The quantitative estimate of drug-likeness (QED) is 0.484. The maximum atomic E-state index is 10.9. The number of hydrogen-bond donors (Lipinski definition) is 0. The van der Waals surface area contributed by atoms with Crippen LogP contribution in [0.15, 0.2) is 16.7 Å². The van der Waals surface area contributed by atoms with Crippen LogP contribution in [0.3, 0.4) is 0 Å². The van der Waals surface area contributed by atoms with E-state index in [2.05, 4.69) is 44.6 Å². The Hall–Kier alpha value is -1.21. The molecule has 1 saturated heterocycles. The zero-order chi connectivity index (χ0) is 14.0. The van der Waals surface area contributed by atoms with Gasteiger partial charge in [0.05, 0.1) is 11.0 Å². The van der Waals surface area contributed by atoms with Crippen molar-refractivity contribution in [3.8, 4) is 0 Å². The van der Waals surface area contributed by atoms with Gasteiger partial charge in [-0.05, 0) is 29.8 Å². The number of halogens is 1. The Morgan fingerprint density at radius 2 is 1.95 bits per heavy atom. The summed E-state index contributed by atoms with van der Waals surface area (Å²) in [4.78, 5) is 19.3. The van der Waals surface area contributed by atoms with Crippen LogP contribution in [-0.2, 0) is 0 Å². The Morgan fingerprint density at radius 3 is 2.47 bits per heavy atom. The molecule has 6 nitrogen and oxygen atoms in total. The number of aromatic nitrogens is 1. The summed E-state index contributed by atoms with van der Waals surface area (Å²) in [6, 6.07) is 3.50. The van der Waals surface area contributed by atoms with Crippen LogP contribution in [0.2, 0.25) is 0 Å². The van der Waals surface area contributed by atoms with Gasteiger partial charge in [-0.3, -0.25) is 15.0 Å². The molecule has 1 aliphatic rings. The van der Waals surface area contributed by atoms with E-state index < -0.39 is 0 Å². The second-order valence-corrected chi connectivity index (χ2v) is 5.69. The van der Waals surface area contributed by atoms with Gasteiger partial charge in [0.2, 0.25) is 0 Å². The highest BCUT2D eigenvalue weighted by molar-refractivity contribution is 9.10. The Morgan fingerprint density at radius 1 is 1.32 bits per heavy atom. The Labute approximate surface area is 120 Å². The molecule has 0 aromatic carbocycles. The normalized spacial score (nSPS) is 16.9. The number of nitrogens with zero attached hydrogens (tertiary/aromatic N) is 4. The van der Waals surface area contributed by atoms with Gasteiger partial charge in [0.25, 0.3) is 5.69 Å². The lowest BCUT2D eigenvalue weighted by Crippen LogP contribution is -2.49. The molecule has 0 bridgehead atoms. The van der Waals surface area contributed by atoms with Gasteiger partial charge in [-0.25, -0.2) is 4.98 Å². The number of nitro groups is 1. The SMILES string of the molecule is CC(C)N1CCN(c2cc([N+](=O)[O-])cc(Br)n2)CC1. The van der Waals surface area contributed by atoms with E-state index in [4.69, 9.17) is 0 Å². The fraction of sp³-hybridized carbons (Fsp3) is 0.583. The lowest BCUT2D eigenvalue weighted by atomic mass is 10.2. The van der Waals surface area contributed by atoms with E-state index in [1.54, 1.807) is 0 Å². The molecule has 1 aromatic rings. The molecule has 7 heteroatoms. The van der Waals surface area contributed by atoms with Gasteiger partial charge in [-0.1, -0.05) is 0 Å². The van der Waals surface area contributed by atoms with E-state index in [9.17, 15) is 10.1 Å². The minimum atomic E-state index is -0.389. The molecular formula is C12H17BrN4O2. The van der Waals surface area contributed by atoms with E-state index in [-0.39, 0.29) is 10.6 Å². The highest BCUT2D eigenvalue weighted by Crippen LogP contribution is 2.24. The highest BCUT2D eigenvalue weighted by atomic mass is 79.9. The zero-order valence-electron chi connectivity index (χ0n) is 11.0.